The lowest BCUT2D eigenvalue weighted by molar-refractivity contribution is -0.136. The summed E-state index contributed by atoms with van der Waals surface area (Å²) in [4.78, 5) is 14.9. The molecule has 4 nitrogen and oxygen atoms in total. The molecule has 0 aliphatic rings. The topological polar surface area (TPSA) is 58.9 Å². The second-order valence-electron chi connectivity index (χ2n) is 4.27. The number of rotatable bonds is 5. The van der Waals surface area contributed by atoms with Gasteiger partial charge in [-0.05, 0) is 47.5 Å². The molecule has 1 N–H and O–H groups in total. The first-order valence-electron chi connectivity index (χ1n) is 6.16. The number of aliphatic imine (C=N–C) groups is 1. The van der Waals surface area contributed by atoms with Gasteiger partial charge in [0.2, 0.25) is 0 Å². The summed E-state index contributed by atoms with van der Waals surface area (Å²) in [7, 11) is 1.63. The number of carboxylic acids is 1. The molecule has 0 bridgehead atoms. The fraction of sp³-hybridized carbons (Fsp3) is 0.125. The predicted octanol–water partition coefficient (Wildman–Crippen LogP) is 3.07. The van der Waals surface area contributed by atoms with E-state index in [4.69, 9.17) is 9.84 Å². The fourth-order valence-corrected chi connectivity index (χ4v) is 1.71. The van der Waals surface area contributed by atoms with Gasteiger partial charge in [0.15, 0.2) is 0 Å². The number of nitrogens with zero attached hydrogens (tertiary/aromatic N) is 1. The van der Waals surface area contributed by atoms with E-state index in [0.29, 0.717) is 0 Å². The van der Waals surface area contributed by atoms with Gasteiger partial charge in [0.25, 0.3) is 0 Å². The van der Waals surface area contributed by atoms with Crippen molar-refractivity contribution in [2.45, 2.75) is 6.42 Å². The largest absolute Gasteiger partial charge is 0.497 e. The van der Waals surface area contributed by atoms with Crippen LogP contribution in [-0.2, 0) is 11.2 Å². The van der Waals surface area contributed by atoms with Crippen LogP contribution in [-0.4, -0.2) is 24.4 Å². The molecular weight excluding hydrogens is 254 g/mol. The number of hydrogen-bond donors (Lipinski definition) is 1. The Kier molecular flexibility index (Phi) is 4.50. The minimum Gasteiger partial charge on any atom is -0.497 e. The highest BCUT2D eigenvalue weighted by Crippen LogP contribution is 2.15. The van der Waals surface area contributed by atoms with E-state index in [2.05, 4.69) is 4.99 Å². The second-order valence-corrected chi connectivity index (χ2v) is 4.27. The minimum atomic E-state index is -0.834. The molecule has 2 aromatic rings. The summed E-state index contributed by atoms with van der Waals surface area (Å²) >= 11 is 0. The molecule has 0 atom stereocenters. The Labute approximate surface area is 117 Å². The van der Waals surface area contributed by atoms with Crippen LogP contribution in [0.3, 0.4) is 0 Å². The summed E-state index contributed by atoms with van der Waals surface area (Å²) in [6, 6.07) is 14.7. The monoisotopic (exact) mass is 269 g/mol. The lowest BCUT2D eigenvalue weighted by atomic mass is 10.1. The van der Waals surface area contributed by atoms with Crippen molar-refractivity contribution in [2.24, 2.45) is 4.99 Å². The molecule has 0 aliphatic heterocycles. The minimum absolute atomic E-state index is 0.0302. The van der Waals surface area contributed by atoms with Gasteiger partial charge in [-0.25, -0.2) is 0 Å². The Balaban J connectivity index is 2.04. The molecule has 0 saturated heterocycles. The molecule has 0 aliphatic carbocycles. The first-order valence-corrected chi connectivity index (χ1v) is 6.16. The van der Waals surface area contributed by atoms with Crippen LogP contribution < -0.4 is 4.74 Å². The fourth-order valence-electron chi connectivity index (χ4n) is 1.71. The van der Waals surface area contributed by atoms with Crippen LogP contribution in [0.1, 0.15) is 11.1 Å². The quantitative estimate of drug-likeness (QED) is 0.848. The SMILES string of the molecule is COc1ccc(/C=N/c2ccc(CC(=O)O)cc2)cc1. The summed E-state index contributed by atoms with van der Waals surface area (Å²) in [5, 5.41) is 8.69. The van der Waals surface area contributed by atoms with Crippen LogP contribution in [0.4, 0.5) is 5.69 Å². The number of aliphatic carboxylic acids is 1. The van der Waals surface area contributed by atoms with Crippen molar-refractivity contribution in [3.05, 3.63) is 59.7 Å². The predicted molar refractivity (Wildman–Crippen MR) is 78.0 cm³/mol. The van der Waals surface area contributed by atoms with Crippen LogP contribution in [0, 0.1) is 0 Å². The van der Waals surface area contributed by atoms with Crippen molar-refractivity contribution in [3.63, 3.8) is 0 Å². The van der Waals surface area contributed by atoms with Gasteiger partial charge >= 0.3 is 5.97 Å². The Morgan fingerprint density at radius 3 is 2.35 bits per heavy atom. The Morgan fingerprint density at radius 1 is 1.15 bits per heavy atom. The molecule has 0 amide bonds. The van der Waals surface area contributed by atoms with E-state index in [1.807, 2.05) is 24.3 Å². The van der Waals surface area contributed by atoms with Crippen molar-refractivity contribution in [1.82, 2.24) is 0 Å². The van der Waals surface area contributed by atoms with Gasteiger partial charge in [0, 0.05) is 6.21 Å². The summed E-state index contributed by atoms with van der Waals surface area (Å²) in [6.45, 7) is 0. The van der Waals surface area contributed by atoms with Crippen LogP contribution in [0.25, 0.3) is 0 Å². The van der Waals surface area contributed by atoms with Crippen LogP contribution in [0.2, 0.25) is 0 Å². The van der Waals surface area contributed by atoms with E-state index in [9.17, 15) is 4.79 Å². The molecule has 0 spiro atoms. The molecule has 0 unspecified atom stereocenters. The van der Waals surface area contributed by atoms with Crippen molar-refractivity contribution >= 4 is 17.9 Å². The van der Waals surface area contributed by atoms with Crippen molar-refractivity contribution in [3.8, 4) is 5.75 Å². The van der Waals surface area contributed by atoms with Crippen molar-refractivity contribution in [1.29, 1.82) is 0 Å². The lowest BCUT2D eigenvalue weighted by Gasteiger charge is -2.00. The zero-order chi connectivity index (χ0) is 14.4. The average molecular weight is 269 g/mol. The zero-order valence-electron chi connectivity index (χ0n) is 11.1. The number of carboxylic acid groups (broad SMARTS) is 1. The van der Waals surface area contributed by atoms with Crippen molar-refractivity contribution in [2.75, 3.05) is 7.11 Å². The Morgan fingerprint density at radius 2 is 1.80 bits per heavy atom. The van der Waals surface area contributed by atoms with E-state index >= 15 is 0 Å². The maximum atomic E-state index is 10.6. The molecule has 2 rings (SSSR count). The van der Waals surface area contributed by atoms with Gasteiger partial charge in [0.1, 0.15) is 5.75 Å². The third kappa shape index (κ3) is 3.95. The van der Waals surface area contributed by atoms with E-state index < -0.39 is 5.97 Å². The molecule has 4 heteroatoms. The number of hydrogen-bond acceptors (Lipinski definition) is 3. The van der Waals surface area contributed by atoms with E-state index in [-0.39, 0.29) is 6.42 Å². The zero-order valence-corrected chi connectivity index (χ0v) is 11.1. The Bertz CT molecular complexity index is 601. The van der Waals surface area contributed by atoms with Gasteiger partial charge in [-0.1, -0.05) is 12.1 Å². The first-order chi connectivity index (χ1) is 9.67. The third-order valence-electron chi connectivity index (χ3n) is 2.77. The van der Waals surface area contributed by atoms with Crippen molar-refractivity contribution < 1.29 is 14.6 Å². The second kappa shape index (κ2) is 6.52. The van der Waals surface area contributed by atoms with Gasteiger partial charge in [-0.3, -0.25) is 9.79 Å². The highest BCUT2D eigenvalue weighted by atomic mass is 16.5. The summed E-state index contributed by atoms with van der Waals surface area (Å²) in [6.07, 6.45) is 1.79. The van der Waals surface area contributed by atoms with E-state index in [0.717, 1.165) is 22.6 Å². The maximum absolute atomic E-state index is 10.6. The van der Waals surface area contributed by atoms with E-state index in [1.54, 1.807) is 37.6 Å². The molecule has 0 radical (unpaired) electrons. The lowest BCUT2D eigenvalue weighted by Crippen LogP contribution is -1.99. The van der Waals surface area contributed by atoms with Gasteiger partial charge < -0.3 is 9.84 Å². The molecule has 0 aromatic heterocycles. The van der Waals surface area contributed by atoms with Gasteiger partial charge in [-0.15, -0.1) is 0 Å². The van der Waals surface area contributed by atoms with Crippen LogP contribution in [0.15, 0.2) is 53.5 Å². The molecule has 20 heavy (non-hydrogen) atoms. The van der Waals surface area contributed by atoms with Crippen LogP contribution >= 0.6 is 0 Å². The number of ether oxygens (including phenoxy) is 1. The summed E-state index contributed by atoms with van der Waals surface area (Å²) < 4.78 is 5.08. The maximum Gasteiger partial charge on any atom is 0.307 e. The highest BCUT2D eigenvalue weighted by molar-refractivity contribution is 5.82. The third-order valence-corrected chi connectivity index (χ3v) is 2.77. The molecule has 2 aromatic carbocycles. The van der Waals surface area contributed by atoms with E-state index in [1.165, 1.54) is 0 Å². The number of carbonyl (C=O) groups is 1. The smallest absolute Gasteiger partial charge is 0.307 e. The summed E-state index contributed by atoms with van der Waals surface area (Å²) in [5.41, 5.74) is 2.52. The van der Waals surface area contributed by atoms with Gasteiger partial charge in [-0.2, -0.15) is 0 Å². The molecular formula is C16H15NO3. The molecule has 0 saturated carbocycles. The number of methoxy groups -OCH3 is 1. The molecule has 102 valence electrons. The Hall–Kier alpha value is -2.62. The molecule has 0 heterocycles. The summed E-state index contributed by atoms with van der Waals surface area (Å²) in [5.74, 6) is -0.0281. The normalized spacial score (nSPS) is 10.7. The highest BCUT2D eigenvalue weighted by Gasteiger charge is 1.99. The molecule has 0 fully saturated rings. The first kappa shape index (κ1) is 13.8. The number of benzene rings is 2. The van der Waals surface area contributed by atoms with Gasteiger partial charge in [0.05, 0.1) is 19.2 Å². The standard InChI is InChI=1S/C16H15NO3/c1-20-15-8-4-13(5-9-15)11-17-14-6-2-12(3-7-14)10-16(18)19/h2-9,11H,10H2,1H3,(H,18,19)/b17-11+. The van der Waals surface area contributed by atoms with Crippen LogP contribution in [0.5, 0.6) is 5.75 Å². The average Bonchev–Trinajstić information content (AvgIpc) is 2.46.